The molecule has 0 spiro atoms. The van der Waals surface area contributed by atoms with E-state index in [1.165, 1.54) is 0 Å². The van der Waals surface area contributed by atoms with Crippen LogP contribution in [-0.4, -0.2) is 65.7 Å². The number of aliphatic hydroxyl groups is 1. The fraction of sp³-hybridized carbons (Fsp3) is 0.550. The van der Waals surface area contributed by atoms with Gasteiger partial charge in [0.1, 0.15) is 5.75 Å². The smallest absolute Gasteiger partial charge is 0.246 e. The van der Waals surface area contributed by atoms with Crippen LogP contribution in [-0.2, 0) is 4.79 Å². The van der Waals surface area contributed by atoms with Crippen LogP contribution in [0.15, 0.2) is 30.3 Å². The number of hydrogen-bond acceptors (Lipinski definition) is 4. The fourth-order valence-electron chi connectivity index (χ4n) is 3.01. The molecule has 1 unspecified atom stereocenters. The maximum Gasteiger partial charge on any atom is 0.246 e. The lowest BCUT2D eigenvalue weighted by atomic mass is 10.1. The summed E-state index contributed by atoms with van der Waals surface area (Å²) in [6.45, 7) is 9.31. The molecule has 1 saturated heterocycles. The van der Waals surface area contributed by atoms with Crippen molar-refractivity contribution in [3.8, 4) is 5.75 Å². The molecule has 1 aromatic rings. The summed E-state index contributed by atoms with van der Waals surface area (Å²) in [7, 11) is 0. The molecule has 0 aliphatic carbocycles. The number of rotatable bonds is 7. The van der Waals surface area contributed by atoms with Crippen LogP contribution in [0, 0.1) is 0 Å². The number of benzene rings is 1. The first-order chi connectivity index (χ1) is 12.0. The second kappa shape index (κ2) is 9.59. The van der Waals surface area contributed by atoms with Crippen LogP contribution in [0.25, 0.3) is 6.08 Å². The van der Waals surface area contributed by atoms with Crippen molar-refractivity contribution in [2.24, 2.45) is 0 Å². The molecule has 1 amide bonds. The second-order valence-corrected chi connectivity index (χ2v) is 6.67. The monoisotopic (exact) mass is 346 g/mol. The third-order valence-electron chi connectivity index (χ3n) is 4.49. The van der Waals surface area contributed by atoms with Crippen molar-refractivity contribution in [3.05, 3.63) is 35.9 Å². The van der Waals surface area contributed by atoms with E-state index in [2.05, 4.69) is 11.8 Å². The quantitative estimate of drug-likeness (QED) is 0.771. The van der Waals surface area contributed by atoms with Crippen molar-refractivity contribution in [3.63, 3.8) is 0 Å². The number of carbonyl (C=O) groups excluding carboxylic acids is 1. The maximum absolute atomic E-state index is 12.3. The van der Waals surface area contributed by atoms with Crippen molar-refractivity contribution in [2.45, 2.75) is 39.3 Å². The van der Waals surface area contributed by atoms with E-state index in [0.717, 1.165) is 30.8 Å². The van der Waals surface area contributed by atoms with Crippen LogP contribution in [0.1, 0.15) is 32.8 Å². The number of piperazine rings is 1. The summed E-state index contributed by atoms with van der Waals surface area (Å²) < 4.78 is 5.62. The van der Waals surface area contributed by atoms with Gasteiger partial charge in [0.2, 0.25) is 5.91 Å². The highest BCUT2D eigenvalue weighted by Crippen LogP contribution is 2.15. The molecule has 25 heavy (non-hydrogen) atoms. The lowest BCUT2D eigenvalue weighted by Crippen LogP contribution is -2.52. The Morgan fingerprint density at radius 2 is 1.84 bits per heavy atom. The Morgan fingerprint density at radius 3 is 2.36 bits per heavy atom. The molecule has 2 rings (SSSR count). The molecule has 0 aromatic heterocycles. The predicted octanol–water partition coefficient (Wildman–Crippen LogP) is 2.40. The molecule has 1 heterocycles. The van der Waals surface area contributed by atoms with Gasteiger partial charge in [0, 0.05) is 38.3 Å². The van der Waals surface area contributed by atoms with Crippen LogP contribution in [0.5, 0.6) is 5.75 Å². The number of amides is 1. The minimum absolute atomic E-state index is 0.0409. The summed E-state index contributed by atoms with van der Waals surface area (Å²) in [6.07, 6.45) is 4.56. The van der Waals surface area contributed by atoms with Gasteiger partial charge in [-0.15, -0.1) is 0 Å². The molecule has 1 atom stereocenters. The maximum atomic E-state index is 12.3. The van der Waals surface area contributed by atoms with Crippen molar-refractivity contribution < 1.29 is 14.6 Å². The predicted molar refractivity (Wildman–Crippen MR) is 101 cm³/mol. The average molecular weight is 346 g/mol. The molecule has 1 aliphatic heterocycles. The lowest BCUT2D eigenvalue weighted by molar-refractivity contribution is -0.128. The van der Waals surface area contributed by atoms with Crippen molar-refractivity contribution >= 4 is 12.0 Å². The Labute approximate surface area is 150 Å². The van der Waals surface area contributed by atoms with Gasteiger partial charge in [0.25, 0.3) is 0 Å². The molecule has 1 N–H and O–H groups in total. The minimum atomic E-state index is 0.0409. The lowest BCUT2D eigenvalue weighted by Gasteiger charge is -2.38. The Kier molecular flexibility index (Phi) is 7.47. The third kappa shape index (κ3) is 5.87. The van der Waals surface area contributed by atoms with E-state index < -0.39 is 0 Å². The zero-order valence-electron chi connectivity index (χ0n) is 15.5. The van der Waals surface area contributed by atoms with Gasteiger partial charge < -0.3 is 14.7 Å². The normalized spacial score (nSPS) is 17.2. The highest BCUT2D eigenvalue weighted by atomic mass is 16.5. The molecule has 1 aromatic carbocycles. The Hall–Kier alpha value is -1.85. The highest BCUT2D eigenvalue weighted by molar-refractivity contribution is 5.91. The topological polar surface area (TPSA) is 53.0 Å². The first kappa shape index (κ1) is 19.5. The molecule has 0 bridgehead atoms. The van der Waals surface area contributed by atoms with Gasteiger partial charge in [-0.3, -0.25) is 9.69 Å². The first-order valence-corrected chi connectivity index (χ1v) is 9.12. The molecule has 0 saturated carbocycles. The molecule has 1 aliphatic rings. The Morgan fingerprint density at radius 1 is 1.20 bits per heavy atom. The van der Waals surface area contributed by atoms with Crippen LogP contribution in [0.3, 0.4) is 0 Å². The van der Waals surface area contributed by atoms with Gasteiger partial charge in [-0.25, -0.2) is 0 Å². The largest absolute Gasteiger partial charge is 0.491 e. The van der Waals surface area contributed by atoms with E-state index in [-0.39, 0.29) is 24.7 Å². The van der Waals surface area contributed by atoms with Gasteiger partial charge in [0.15, 0.2) is 0 Å². The summed E-state index contributed by atoms with van der Waals surface area (Å²) >= 11 is 0. The molecular weight excluding hydrogens is 316 g/mol. The zero-order chi connectivity index (χ0) is 18.2. The van der Waals surface area contributed by atoms with E-state index in [4.69, 9.17) is 4.74 Å². The molecule has 0 radical (unpaired) electrons. The van der Waals surface area contributed by atoms with Crippen molar-refractivity contribution in [2.75, 3.05) is 32.8 Å². The summed E-state index contributed by atoms with van der Waals surface area (Å²) in [5, 5.41) is 9.39. The van der Waals surface area contributed by atoms with Gasteiger partial charge >= 0.3 is 0 Å². The molecule has 5 nitrogen and oxygen atoms in total. The minimum Gasteiger partial charge on any atom is -0.491 e. The molecule has 138 valence electrons. The number of nitrogens with zero attached hydrogens (tertiary/aromatic N) is 2. The molecule has 5 heteroatoms. The number of aliphatic hydroxyl groups excluding tert-OH is 1. The summed E-state index contributed by atoms with van der Waals surface area (Å²) in [5.41, 5.74) is 0.981. The second-order valence-electron chi connectivity index (χ2n) is 6.67. The van der Waals surface area contributed by atoms with Gasteiger partial charge in [0.05, 0.1) is 12.7 Å². The van der Waals surface area contributed by atoms with Crippen molar-refractivity contribution in [1.29, 1.82) is 0 Å². The van der Waals surface area contributed by atoms with Gasteiger partial charge in [-0.1, -0.05) is 19.1 Å². The van der Waals surface area contributed by atoms with E-state index >= 15 is 0 Å². The van der Waals surface area contributed by atoms with Crippen LogP contribution < -0.4 is 4.74 Å². The standard InChI is InChI=1S/C20H30N2O3/c1-4-18(15-23)21-11-13-22(14-12-21)20(24)10-7-17-5-8-19(9-6-17)25-16(2)3/h5-10,16,18,23H,4,11-15H2,1-3H3/b10-7+. The van der Waals surface area contributed by atoms with Crippen LogP contribution in [0.4, 0.5) is 0 Å². The SMILES string of the molecule is CCC(CO)N1CCN(C(=O)/C=C/c2ccc(OC(C)C)cc2)CC1. The molecule has 1 fully saturated rings. The van der Waals surface area contributed by atoms with Crippen molar-refractivity contribution in [1.82, 2.24) is 9.80 Å². The first-order valence-electron chi connectivity index (χ1n) is 9.12. The third-order valence-corrected chi connectivity index (χ3v) is 4.49. The number of ether oxygens (including phenoxy) is 1. The Bertz CT molecular complexity index is 557. The highest BCUT2D eigenvalue weighted by Gasteiger charge is 2.23. The van der Waals surface area contributed by atoms with E-state index in [1.807, 2.05) is 49.1 Å². The number of hydrogen-bond donors (Lipinski definition) is 1. The number of carbonyl (C=O) groups is 1. The zero-order valence-corrected chi connectivity index (χ0v) is 15.5. The van der Waals surface area contributed by atoms with Gasteiger partial charge in [-0.05, 0) is 44.0 Å². The fourth-order valence-corrected chi connectivity index (χ4v) is 3.01. The summed E-state index contributed by atoms with van der Waals surface area (Å²) in [6, 6.07) is 7.95. The average Bonchev–Trinajstić information content (AvgIpc) is 2.62. The van der Waals surface area contributed by atoms with Crippen LogP contribution in [0.2, 0.25) is 0 Å². The molecular formula is C20H30N2O3. The van der Waals surface area contributed by atoms with Gasteiger partial charge in [-0.2, -0.15) is 0 Å². The van der Waals surface area contributed by atoms with E-state index in [0.29, 0.717) is 13.1 Å². The summed E-state index contributed by atoms with van der Waals surface area (Å²) in [5.74, 6) is 0.878. The van der Waals surface area contributed by atoms with Crippen LogP contribution >= 0.6 is 0 Å². The summed E-state index contributed by atoms with van der Waals surface area (Å²) in [4.78, 5) is 16.5. The van der Waals surface area contributed by atoms with E-state index in [9.17, 15) is 9.90 Å². The van der Waals surface area contributed by atoms with E-state index in [1.54, 1.807) is 6.08 Å². The Balaban J connectivity index is 1.85.